The minimum absolute atomic E-state index is 0.112. The van der Waals surface area contributed by atoms with Crippen LogP contribution in [0.4, 0.5) is 0 Å². The van der Waals surface area contributed by atoms with Crippen LogP contribution in [0.3, 0.4) is 0 Å². The molecular formula is C15H14OS. The maximum absolute atomic E-state index is 12.4. The minimum Gasteiger partial charge on any atom is -0.293 e. The van der Waals surface area contributed by atoms with E-state index in [-0.39, 0.29) is 11.0 Å². The summed E-state index contributed by atoms with van der Waals surface area (Å²) in [5, 5.41) is -0.112. The third-order valence-electron chi connectivity index (χ3n) is 2.63. The molecule has 0 N–H and O–H groups in total. The van der Waals surface area contributed by atoms with E-state index in [4.69, 9.17) is 0 Å². The van der Waals surface area contributed by atoms with Crippen LogP contribution in [-0.4, -0.2) is 12.0 Å². The van der Waals surface area contributed by atoms with Gasteiger partial charge in [0.2, 0.25) is 0 Å². The number of hydrogen-bond acceptors (Lipinski definition) is 2. The van der Waals surface area contributed by atoms with Gasteiger partial charge in [0, 0.05) is 5.56 Å². The van der Waals surface area contributed by atoms with Crippen molar-refractivity contribution >= 4 is 17.5 Å². The lowest BCUT2D eigenvalue weighted by Crippen LogP contribution is -2.09. The normalized spacial score (nSPS) is 12.1. The highest BCUT2D eigenvalue weighted by Gasteiger charge is 2.20. The van der Waals surface area contributed by atoms with E-state index in [9.17, 15) is 4.79 Å². The monoisotopic (exact) mass is 242 g/mol. The van der Waals surface area contributed by atoms with Crippen molar-refractivity contribution in [2.24, 2.45) is 0 Å². The first-order valence-electron chi connectivity index (χ1n) is 5.50. The Kier molecular flexibility index (Phi) is 3.99. The van der Waals surface area contributed by atoms with Gasteiger partial charge in [-0.3, -0.25) is 4.79 Å². The summed E-state index contributed by atoms with van der Waals surface area (Å²) in [5.74, 6) is 0.171. The van der Waals surface area contributed by atoms with E-state index in [1.54, 1.807) is 11.8 Å². The molecule has 0 radical (unpaired) electrons. The van der Waals surface area contributed by atoms with Crippen LogP contribution in [0.2, 0.25) is 0 Å². The second-order valence-electron chi connectivity index (χ2n) is 3.76. The molecule has 2 aromatic carbocycles. The molecule has 0 aliphatic carbocycles. The van der Waals surface area contributed by atoms with Crippen LogP contribution in [0, 0.1) is 0 Å². The summed E-state index contributed by atoms with van der Waals surface area (Å²) >= 11 is 1.58. The van der Waals surface area contributed by atoms with Gasteiger partial charge in [-0.2, -0.15) is 0 Å². The molecule has 2 heteroatoms. The molecule has 17 heavy (non-hydrogen) atoms. The van der Waals surface area contributed by atoms with Crippen molar-refractivity contribution in [1.29, 1.82) is 0 Å². The van der Waals surface area contributed by atoms with E-state index in [0.29, 0.717) is 0 Å². The Morgan fingerprint density at radius 1 is 0.941 bits per heavy atom. The molecule has 0 saturated heterocycles. The van der Waals surface area contributed by atoms with Gasteiger partial charge in [-0.15, -0.1) is 11.8 Å². The van der Waals surface area contributed by atoms with Gasteiger partial charge in [0.25, 0.3) is 0 Å². The van der Waals surface area contributed by atoms with Crippen LogP contribution in [-0.2, 0) is 0 Å². The number of carbonyl (C=O) groups excluding carboxylic acids is 1. The fourth-order valence-electron chi connectivity index (χ4n) is 1.78. The molecule has 1 nitrogen and oxygen atoms in total. The summed E-state index contributed by atoms with van der Waals surface area (Å²) in [5.41, 5.74) is 1.84. The molecule has 0 saturated carbocycles. The standard InChI is InChI=1S/C15H14OS/c1-17-15(13-10-6-3-7-11-13)14(16)12-8-4-2-5-9-12/h2-11,15H,1H3/t15-/m0/s1. The fraction of sp³-hybridized carbons (Fsp3) is 0.133. The van der Waals surface area contributed by atoms with Gasteiger partial charge in [0.15, 0.2) is 5.78 Å². The van der Waals surface area contributed by atoms with Crippen molar-refractivity contribution in [2.75, 3.05) is 6.26 Å². The molecule has 0 spiro atoms. The van der Waals surface area contributed by atoms with Crippen LogP contribution in [0.15, 0.2) is 60.7 Å². The highest BCUT2D eigenvalue weighted by molar-refractivity contribution is 7.99. The van der Waals surface area contributed by atoms with Gasteiger partial charge in [-0.25, -0.2) is 0 Å². The number of benzene rings is 2. The molecule has 0 aliphatic heterocycles. The molecule has 0 aromatic heterocycles. The molecule has 2 rings (SSSR count). The summed E-state index contributed by atoms with van der Waals surface area (Å²) < 4.78 is 0. The Hall–Kier alpha value is -1.54. The Morgan fingerprint density at radius 3 is 2.00 bits per heavy atom. The Balaban J connectivity index is 2.29. The predicted octanol–water partition coefficient (Wildman–Crippen LogP) is 3.97. The van der Waals surface area contributed by atoms with E-state index in [1.165, 1.54) is 0 Å². The van der Waals surface area contributed by atoms with Crippen molar-refractivity contribution in [3.05, 3.63) is 71.8 Å². The average Bonchev–Trinajstić information content (AvgIpc) is 2.42. The topological polar surface area (TPSA) is 17.1 Å². The third-order valence-corrected chi connectivity index (χ3v) is 3.59. The summed E-state index contributed by atoms with van der Waals surface area (Å²) in [6.45, 7) is 0. The highest BCUT2D eigenvalue weighted by atomic mass is 32.2. The number of rotatable bonds is 4. The van der Waals surface area contributed by atoms with Crippen LogP contribution in [0.1, 0.15) is 21.2 Å². The maximum Gasteiger partial charge on any atom is 0.180 e. The predicted molar refractivity (Wildman–Crippen MR) is 73.5 cm³/mol. The first kappa shape index (κ1) is 11.9. The number of Topliss-reactive ketones (excluding diaryl/α,β-unsaturated/α-hetero) is 1. The quantitative estimate of drug-likeness (QED) is 0.754. The lowest BCUT2D eigenvalue weighted by Gasteiger charge is -2.13. The Morgan fingerprint density at radius 2 is 1.47 bits per heavy atom. The van der Waals surface area contributed by atoms with Crippen LogP contribution in [0.5, 0.6) is 0 Å². The smallest absolute Gasteiger partial charge is 0.180 e. The second-order valence-corrected chi connectivity index (χ2v) is 4.70. The molecule has 0 unspecified atom stereocenters. The van der Waals surface area contributed by atoms with Crippen molar-refractivity contribution < 1.29 is 4.79 Å². The van der Waals surface area contributed by atoms with Crippen LogP contribution < -0.4 is 0 Å². The molecule has 0 fully saturated rings. The maximum atomic E-state index is 12.4. The van der Waals surface area contributed by atoms with Gasteiger partial charge < -0.3 is 0 Å². The van der Waals surface area contributed by atoms with Crippen molar-refractivity contribution in [3.63, 3.8) is 0 Å². The number of thioether (sulfide) groups is 1. The number of carbonyl (C=O) groups is 1. The Bertz CT molecular complexity index is 479. The molecule has 86 valence electrons. The molecule has 0 aliphatic rings. The average molecular weight is 242 g/mol. The summed E-state index contributed by atoms with van der Waals surface area (Å²) in [7, 11) is 0. The fourth-order valence-corrected chi connectivity index (χ4v) is 2.56. The van der Waals surface area contributed by atoms with Crippen LogP contribution >= 0.6 is 11.8 Å². The first-order chi connectivity index (χ1) is 8.33. The lowest BCUT2D eigenvalue weighted by molar-refractivity contribution is 0.0989. The largest absolute Gasteiger partial charge is 0.293 e. The lowest BCUT2D eigenvalue weighted by atomic mass is 10.0. The van der Waals surface area contributed by atoms with Crippen molar-refractivity contribution in [2.45, 2.75) is 5.25 Å². The van der Waals surface area contributed by atoms with E-state index >= 15 is 0 Å². The summed E-state index contributed by atoms with van der Waals surface area (Å²) in [6, 6.07) is 19.4. The second kappa shape index (κ2) is 5.69. The van der Waals surface area contributed by atoms with E-state index in [2.05, 4.69) is 0 Å². The van der Waals surface area contributed by atoms with Gasteiger partial charge in [0.1, 0.15) is 0 Å². The molecule has 1 atom stereocenters. The number of hydrogen-bond donors (Lipinski definition) is 0. The van der Waals surface area contributed by atoms with E-state index < -0.39 is 0 Å². The Labute approximate surface area is 106 Å². The molecule has 0 bridgehead atoms. The van der Waals surface area contributed by atoms with Gasteiger partial charge >= 0.3 is 0 Å². The van der Waals surface area contributed by atoms with Gasteiger partial charge in [0.05, 0.1) is 5.25 Å². The molecule has 0 heterocycles. The van der Waals surface area contributed by atoms with E-state index in [0.717, 1.165) is 11.1 Å². The zero-order valence-electron chi connectivity index (χ0n) is 9.67. The molecule has 2 aromatic rings. The van der Waals surface area contributed by atoms with Crippen LogP contribution in [0.25, 0.3) is 0 Å². The molecule has 0 amide bonds. The molecular weight excluding hydrogens is 228 g/mol. The highest BCUT2D eigenvalue weighted by Crippen LogP contribution is 2.30. The number of ketones is 1. The zero-order chi connectivity index (χ0) is 12.1. The minimum atomic E-state index is -0.112. The summed E-state index contributed by atoms with van der Waals surface area (Å²) in [6.07, 6.45) is 1.97. The first-order valence-corrected chi connectivity index (χ1v) is 6.78. The van der Waals surface area contributed by atoms with E-state index in [1.807, 2.05) is 66.9 Å². The third kappa shape index (κ3) is 2.77. The SMILES string of the molecule is CS[C@H](C(=O)c1ccccc1)c1ccccc1. The zero-order valence-corrected chi connectivity index (χ0v) is 10.5. The van der Waals surface area contributed by atoms with Crippen molar-refractivity contribution in [1.82, 2.24) is 0 Å². The van der Waals surface area contributed by atoms with Gasteiger partial charge in [-0.1, -0.05) is 60.7 Å². The van der Waals surface area contributed by atoms with Gasteiger partial charge in [-0.05, 0) is 11.8 Å². The van der Waals surface area contributed by atoms with Crippen molar-refractivity contribution in [3.8, 4) is 0 Å². The summed E-state index contributed by atoms with van der Waals surface area (Å²) in [4.78, 5) is 12.4.